The van der Waals surface area contributed by atoms with Crippen LogP contribution in [0.25, 0.3) is 0 Å². The molecule has 3 aliphatic carbocycles. The normalized spacial score (nSPS) is 53.1. The molecule has 0 spiro atoms. The molecule has 4 unspecified atom stereocenters. The van der Waals surface area contributed by atoms with Gasteiger partial charge in [-0.1, -0.05) is 12.2 Å². The molecule has 0 heteroatoms. The van der Waals surface area contributed by atoms with Crippen LogP contribution in [0.4, 0.5) is 0 Å². The van der Waals surface area contributed by atoms with E-state index in [1.54, 1.807) is 19.3 Å². The van der Waals surface area contributed by atoms with Crippen molar-refractivity contribution < 1.29 is 0 Å². The zero-order valence-electron chi connectivity index (χ0n) is 7.00. The van der Waals surface area contributed by atoms with Gasteiger partial charge in [-0.3, -0.25) is 0 Å². The average Bonchev–Trinajstić information content (AvgIpc) is 2.64. The van der Waals surface area contributed by atoms with Crippen LogP contribution in [0.3, 0.4) is 0 Å². The van der Waals surface area contributed by atoms with Crippen molar-refractivity contribution in [2.24, 2.45) is 23.7 Å². The Morgan fingerprint density at radius 1 is 0.818 bits per heavy atom. The van der Waals surface area contributed by atoms with Crippen LogP contribution in [0.2, 0.25) is 0 Å². The molecule has 0 aromatic rings. The molecule has 0 N–H and O–H groups in total. The van der Waals surface area contributed by atoms with E-state index in [2.05, 4.69) is 12.2 Å². The Morgan fingerprint density at radius 3 is 1.91 bits per heavy atom. The molecule has 2 saturated carbocycles. The van der Waals surface area contributed by atoms with Crippen LogP contribution in [-0.4, -0.2) is 0 Å². The maximum absolute atomic E-state index is 2.42. The summed E-state index contributed by atoms with van der Waals surface area (Å²) < 4.78 is 0. The van der Waals surface area contributed by atoms with Gasteiger partial charge in [-0.2, -0.15) is 0 Å². The molecule has 0 nitrogen and oxygen atoms in total. The predicted octanol–water partition coefficient (Wildman–Crippen LogP) is 3.00. The van der Waals surface area contributed by atoms with Gasteiger partial charge in [0, 0.05) is 0 Å². The minimum atomic E-state index is 1.11. The van der Waals surface area contributed by atoms with E-state index >= 15 is 0 Å². The molecular formula is C11H16. The Balaban J connectivity index is 1.91. The van der Waals surface area contributed by atoms with Crippen molar-refractivity contribution in [3.05, 3.63) is 12.2 Å². The quantitative estimate of drug-likeness (QED) is 0.463. The van der Waals surface area contributed by atoms with Crippen LogP contribution in [0.1, 0.15) is 32.1 Å². The van der Waals surface area contributed by atoms with Crippen LogP contribution in [0.15, 0.2) is 12.2 Å². The zero-order chi connectivity index (χ0) is 7.26. The molecule has 60 valence electrons. The van der Waals surface area contributed by atoms with Crippen LogP contribution in [0.5, 0.6) is 0 Å². The summed E-state index contributed by atoms with van der Waals surface area (Å²) in [7, 11) is 0. The molecule has 0 radical (unpaired) electrons. The summed E-state index contributed by atoms with van der Waals surface area (Å²) in [5.74, 6) is 4.49. The summed E-state index contributed by atoms with van der Waals surface area (Å²) in [5.41, 5.74) is 0. The summed E-state index contributed by atoms with van der Waals surface area (Å²) in [6.45, 7) is 0. The fraction of sp³-hybridized carbons (Fsp3) is 0.818. The van der Waals surface area contributed by atoms with Gasteiger partial charge in [0.15, 0.2) is 0 Å². The minimum absolute atomic E-state index is 1.11. The molecule has 3 aliphatic rings. The topological polar surface area (TPSA) is 0 Å². The van der Waals surface area contributed by atoms with E-state index < -0.39 is 0 Å². The minimum Gasteiger partial charge on any atom is -0.0882 e. The Morgan fingerprint density at radius 2 is 1.36 bits per heavy atom. The molecule has 4 atom stereocenters. The fourth-order valence-electron chi connectivity index (χ4n) is 3.77. The molecule has 0 amide bonds. The summed E-state index contributed by atoms with van der Waals surface area (Å²) in [4.78, 5) is 0. The lowest BCUT2D eigenvalue weighted by molar-refractivity contribution is 0.216. The summed E-state index contributed by atoms with van der Waals surface area (Å²) in [6.07, 6.45) is 12.3. The Kier molecular flexibility index (Phi) is 1.21. The highest BCUT2D eigenvalue weighted by Gasteiger charge is 2.46. The van der Waals surface area contributed by atoms with E-state index in [9.17, 15) is 0 Å². The molecule has 0 aromatic carbocycles. The van der Waals surface area contributed by atoms with Gasteiger partial charge in [0.25, 0.3) is 0 Å². The highest BCUT2D eigenvalue weighted by atomic mass is 14.5. The van der Waals surface area contributed by atoms with Gasteiger partial charge in [-0.15, -0.1) is 0 Å². The highest BCUT2D eigenvalue weighted by molar-refractivity contribution is 5.05. The molecule has 3 rings (SSSR count). The van der Waals surface area contributed by atoms with Gasteiger partial charge in [-0.05, 0) is 55.8 Å². The number of hydrogen-bond donors (Lipinski definition) is 0. The van der Waals surface area contributed by atoms with Gasteiger partial charge in [-0.25, -0.2) is 0 Å². The Labute approximate surface area is 68.7 Å². The fourth-order valence-corrected chi connectivity index (χ4v) is 3.77. The number of allylic oxidation sites excluding steroid dienone is 2. The third-order valence-electron chi connectivity index (χ3n) is 4.26. The maximum atomic E-state index is 2.42. The summed E-state index contributed by atoms with van der Waals surface area (Å²) in [5, 5.41) is 0. The first-order valence-corrected chi connectivity index (χ1v) is 5.10. The van der Waals surface area contributed by atoms with Crippen molar-refractivity contribution >= 4 is 0 Å². The lowest BCUT2D eigenvalue weighted by atomic mass is 9.73. The van der Waals surface area contributed by atoms with E-state index in [1.807, 2.05) is 0 Å². The van der Waals surface area contributed by atoms with E-state index in [-0.39, 0.29) is 0 Å². The number of rotatable bonds is 0. The van der Waals surface area contributed by atoms with Gasteiger partial charge >= 0.3 is 0 Å². The molecule has 0 aromatic heterocycles. The molecule has 0 aliphatic heterocycles. The largest absolute Gasteiger partial charge is 0.0882 e. The van der Waals surface area contributed by atoms with Gasteiger partial charge in [0.1, 0.15) is 0 Å². The molecule has 0 heterocycles. The predicted molar refractivity (Wildman–Crippen MR) is 46.2 cm³/mol. The molecule has 11 heavy (non-hydrogen) atoms. The van der Waals surface area contributed by atoms with Crippen molar-refractivity contribution in [2.45, 2.75) is 32.1 Å². The standard InChI is InChI=1S/C11H16/c1-2-4-11-9-6-5-8(7-9)10(11)3-1/h1-2,8-11H,3-7H2. The van der Waals surface area contributed by atoms with Crippen molar-refractivity contribution in [3.8, 4) is 0 Å². The molecule has 2 fully saturated rings. The summed E-state index contributed by atoms with van der Waals surface area (Å²) in [6, 6.07) is 0. The maximum Gasteiger partial charge on any atom is -0.0317 e. The van der Waals surface area contributed by atoms with Crippen LogP contribution >= 0.6 is 0 Å². The lowest BCUT2D eigenvalue weighted by Gasteiger charge is -2.32. The second-order valence-corrected chi connectivity index (χ2v) is 4.60. The second-order valence-electron chi connectivity index (χ2n) is 4.60. The Bertz CT molecular complexity index is 172. The molecule has 0 saturated heterocycles. The van der Waals surface area contributed by atoms with E-state index in [0.717, 1.165) is 23.7 Å². The smallest absolute Gasteiger partial charge is 0.0317 e. The second kappa shape index (κ2) is 2.12. The third kappa shape index (κ3) is 0.758. The van der Waals surface area contributed by atoms with Crippen LogP contribution in [0, 0.1) is 23.7 Å². The number of hydrogen-bond acceptors (Lipinski definition) is 0. The highest BCUT2D eigenvalue weighted by Crippen LogP contribution is 2.55. The first-order chi connectivity index (χ1) is 5.45. The van der Waals surface area contributed by atoms with Crippen molar-refractivity contribution in [1.82, 2.24) is 0 Å². The number of fused-ring (bicyclic) bond motifs is 5. The van der Waals surface area contributed by atoms with Gasteiger partial charge in [0.2, 0.25) is 0 Å². The van der Waals surface area contributed by atoms with Crippen LogP contribution < -0.4 is 0 Å². The van der Waals surface area contributed by atoms with Crippen molar-refractivity contribution in [3.63, 3.8) is 0 Å². The van der Waals surface area contributed by atoms with Crippen LogP contribution in [-0.2, 0) is 0 Å². The lowest BCUT2D eigenvalue weighted by Crippen LogP contribution is -2.23. The van der Waals surface area contributed by atoms with Crippen molar-refractivity contribution in [2.75, 3.05) is 0 Å². The zero-order valence-corrected chi connectivity index (χ0v) is 7.00. The van der Waals surface area contributed by atoms with E-state index in [1.165, 1.54) is 12.8 Å². The van der Waals surface area contributed by atoms with Gasteiger partial charge in [0.05, 0.1) is 0 Å². The third-order valence-corrected chi connectivity index (χ3v) is 4.26. The van der Waals surface area contributed by atoms with Gasteiger partial charge < -0.3 is 0 Å². The first-order valence-electron chi connectivity index (χ1n) is 5.10. The molecular weight excluding hydrogens is 132 g/mol. The monoisotopic (exact) mass is 148 g/mol. The van der Waals surface area contributed by atoms with E-state index in [4.69, 9.17) is 0 Å². The SMILES string of the molecule is C1=CCC2C3CCC(C3)C2C1. The van der Waals surface area contributed by atoms with Crippen molar-refractivity contribution in [1.29, 1.82) is 0 Å². The van der Waals surface area contributed by atoms with E-state index in [0.29, 0.717) is 0 Å². The molecule has 2 bridgehead atoms. The average molecular weight is 148 g/mol. The summed E-state index contributed by atoms with van der Waals surface area (Å²) >= 11 is 0. The Hall–Kier alpha value is -0.260. The first kappa shape index (κ1) is 6.28.